The van der Waals surface area contributed by atoms with Crippen LogP contribution in [0.15, 0.2) is 30.5 Å². The summed E-state index contributed by atoms with van der Waals surface area (Å²) >= 11 is 0. The van der Waals surface area contributed by atoms with Crippen LogP contribution in [-0.2, 0) is 6.54 Å². The van der Waals surface area contributed by atoms with E-state index < -0.39 is 0 Å². The summed E-state index contributed by atoms with van der Waals surface area (Å²) < 4.78 is 7.44. The van der Waals surface area contributed by atoms with Crippen LogP contribution < -0.4 is 4.74 Å². The van der Waals surface area contributed by atoms with Gasteiger partial charge in [0.2, 0.25) is 0 Å². The van der Waals surface area contributed by atoms with Crippen molar-refractivity contribution in [3.8, 4) is 17.0 Å². The monoisotopic (exact) mass is 245 g/mol. The van der Waals surface area contributed by atoms with Gasteiger partial charge in [-0.25, -0.2) is 0 Å². The lowest BCUT2D eigenvalue weighted by Gasteiger charge is -2.05. The van der Waals surface area contributed by atoms with Crippen molar-refractivity contribution in [3.63, 3.8) is 0 Å². The Labute approximate surface area is 108 Å². The average Bonchev–Trinajstić information content (AvgIpc) is 2.89. The summed E-state index contributed by atoms with van der Waals surface area (Å²) in [6, 6.07) is 8.00. The zero-order valence-electron chi connectivity index (χ0n) is 11.0. The highest BCUT2D eigenvalue weighted by molar-refractivity contribution is 5.58. The van der Waals surface area contributed by atoms with Gasteiger partial charge in [-0.1, -0.05) is 18.6 Å². The van der Waals surface area contributed by atoms with Crippen LogP contribution in [0.4, 0.5) is 0 Å². The molecule has 18 heavy (non-hydrogen) atoms. The molecule has 4 heteroatoms. The highest BCUT2D eigenvalue weighted by Gasteiger charge is 2.03. The van der Waals surface area contributed by atoms with Crippen molar-refractivity contribution < 1.29 is 4.74 Å². The SMILES string of the molecule is CCCCOc1ccc(-c2cn(CC)nn2)cc1. The van der Waals surface area contributed by atoms with Gasteiger partial charge in [0.1, 0.15) is 11.4 Å². The highest BCUT2D eigenvalue weighted by atomic mass is 16.5. The van der Waals surface area contributed by atoms with Gasteiger partial charge in [0, 0.05) is 12.1 Å². The third kappa shape index (κ3) is 3.09. The van der Waals surface area contributed by atoms with Crippen molar-refractivity contribution in [2.45, 2.75) is 33.2 Å². The van der Waals surface area contributed by atoms with E-state index in [4.69, 9.17) is 4.74 Å². The molecule has 0 atom stereocenters. The first-order valence-corrected chi connectivity index (χ1v) is 6.47. The second-order valence-electron chi connectivity index (χ2n) is 4.19. The van der Waals surface area contributed by atoms with Crippen molar-refractivity contribution in [3.05, 3.63) is 30.5 Å². The molecule has 1 aromatic heterocycles. The van der Waals surface area contributed by atoms with Crippen molar-refractivity contribution in [1.82, 2.24) is 15.0 Å². The van der Waals surface area contributed by atoms with E-state index >= 15 is 0 Å². The van der Waals surface area contributed by atoms with Gasteiger partial charge in [0.05, 0.1) is 12.8 Å². The summed E-state index contributed by atoms with van der Waals surface area (Å²) in [5.41, 5.74) is 1.97. The standard InChI is InChI=1S/C14H19N3O/c1-3-5-10-18-13-8-6-12(7-9-13)14-11-17(4-2)16-15-14/h6-9,11H,3-5,10H2,1-2H3. The predicted octanol–water partition coefficient (Wildman–Crippen LogP) is 3.14. The van der Waals surface area contributed by atoms with E-state index in [2.05, 4.69) is 17.2 Å². The highest BCUT2D eigenvalue weighted by Crippen LogP contribution is 2.20. The molecule has 0 radical (unpaired) electrons. The van der Waals surface area contributed by atoms with Crippen LogP contribution in [0.1, 0.15) is 26.7 Å². The minimum atomic E-state index is 0.780. The Morgan fingerprint density at radius 1 is 1.17 bits per heavy atom. The molecular weight excluding hydrogens is 226 g/mol. The molecule has 2 aromatic rings. The Morgan fingerprint density at radius 3 is 2.56 bits per heavy atom. The van der Waals surface area contributed by atoms with Gasteiger partial charge >= 0.3 is 0 Å². The third-order valence-corrected chi connectivity index (χ3v) is 2.78. The average molecular weight is 245 g/mol. The topological polar surface area (TPSA) is 39.9 Å². The summed E-state index contributed by atoms with van der Waals surface area (Å²) in [4.78, 5) is 0. The molecule has 0 bridgehead atoms. The smallest absolute Gasteiger partial charge is 0.119 e. The number of nitrogens with zero attached hydrogens (tertiary/aromatic N) is 3. The first-order chi connectivity index (χ1) is 8.83. The zero-order chi connectivity index (χ0) is 12.8. The maximum Gasteiger partial charge on any atom is 0.119 e. The first kappa shape index (κ1) is 12.6. The Balaban J connectivity index is 2.02. The number of benzene rings is 1. The molecule has 0 N–H and O–H groups in total. The number of aryl methyl sites for hydroxylation is 1. The van der Waals surface area contributed by atoms with Crippen LogP contribution in [0.25, 0.3) is 11.3 Å². The third-order valence-electron chi connectivity index (χ3n) is 2.78. The second kappa shape index (κ2) is 6.19. The minimum absolute atomic E-state index is 0.780. The predicted molar refractivity (Wildman–Crippen MR) is 71.5 cm³/mol. The van der Waals surface area contributed by atoms with Gasteiger partial charge in [0.15, 0.2) is 0 Å². The normalized spacial score (nSPS) is 10.6. The molecule has 0 fully saturated rings. The van der Waals surface area contributed by atoms with Crippen LogP contribution in [0.3, 0.4) is 0 Å². The molecule has 0 aliphatic rings. The summed E-state index contributed by atoms with van der Waals surface area (Å²) in [5.74, 6) is 0.912. The largest absolute Gasteiger partial charge is 0.494 e. The zero-order valence-corrected chi connectivity index (χ0v) is 11.0. The maximum atomic E-state index is 5.62. The van der Waals surface area contributed by atoms with E-state index in [1.807, 2.05) is 42.1 Å². The van der Waals surface area contributed by atoms with Crippen LogP contribution >= 0.6 is 0 Å². The summed E-state index contributed by atoms with van der Waals surface area (Å²) in [7, 11) is 0. The molecule has 1 heterocycles. The van der Waals surface area contributed by atoms with Gasteiger partial charge in [-0.15, -0.1) is 5.10 Å². The number of unbranched alkanes of at least 4 members (excludes halogenated alkanes) is 1. The number of rotatable bonds is 6. The molecule has 0 aliphatic heterocycles. The van der Waals surface area contributed by atoms with E-state index in [-0.39, 0.29) is 0 Å². The molecule has 96 valence electrons. The molecule has 4 nitrogen and oxygen atoms in total. The molecule has 0 unspecified atom stereocenters. The molecule has 0 saturated heterocycles. The van der Waals surface area contributed by atoms with E-state index in [0.717, 1.165) is 43.0 Å². The van der Waals surface area contributed by atoms with E-state index in [1.54, 1.807) is 0 Å². The summed E-state index contributed by atoms with van der Waals surface area (Å²) in [5, 5.41) is 8.16. The van der Waals surface area contributed by atoms with Gasteiger partial charge in [0.25, 0.3) is 0 Å². The number of aromatic nitrogens is 3. The van der Waals surface area contributed by atoms with Crippen LogP contribution in [0, 0.1) is 0 Å². The van der Waals surface area contributed by atoms with Crippen molar-refractivity contribution >= 4 is 0 Å². The van der Waals surface area contributed by atoms with Crippen molar-refractivity contribution in [2.24, 2.45) is 0 Å². The minimum Gasteiger partial charge on any atom is -0.494 e. The molecule has 0 saturated carbocycles. The van der Waals surface area contributed by atoms with Gasteiger partial charge in [-0.05, 0) is 37.6 Å². The molecule has 2 rings (SSSR count). The van der Waals surface area contributed by atoms with Crippen LogP contribution in [0.5, 0.6) is 5.75 Å². The second-order valence-corrected chi connectivity index (χ2v) is 4.19. The molecule has 1 aromatic carbocycles. The Morgan fingerprint density at radius 2 is 1.94 bits per heavy atom. The fourth-order valence-electron chi connectivity index (χ4n) is 1.64. The quantitative estimate of drug-likeness (QED) is 0.734. The van der Waals surface area contributed by atoms with Gasteiger partial charge in [-0.2, -0.15) is 0 Å². The Kier molecular flexibility index (Phi) is 4.34. The Bertz CT molecular complexity index is 476. The van der Waals surface area contributed by atoms with Crippen molar-refractivity contribution in [2.75, 3.05) is 6.61 Å². The Hall–Kier alpha value is -1.84. The first-order valence-electron chi connectivity index (χ1n) is 6.47. The number of hydrogen-bond acceptors (Lipinski definition) is 3. The summed E-state index contributed by atoms with van der Waals surface area (Å²) in [6.07, 6.45) is 4.19. The lowest BCUT2D eigenvalue weighted by Crippen LogP contribution is -1.95. The lowest BCUT2D eigenvalue weighted by molar-refractivity contribution is 0.309. The van der Waals surface area contributed by atoms with Gasteiger partial charge < -0.3 is 4.74 Å². The van der Waals surface area contributed by atoms with E-state index in [0.29, 0.717) is 0 Å². The number of ether oxygens (including phenoxy) is 1. The van der Waals surface area contributed by atoms with E-state index in [1.165, 1.54) is 0 Å². The van der Waals surface area contributed by atoms with Gasteiger partial charge in [-0.3, -0.25) is 4.68 Å². The molecular formula is C14H19N3O. The molecule has 0 amide bonds. The number of hydrogen-bond donors (Lipinski definition) is 0. The van der Waals surface area contributed by atoms with E-state index in [9.17, 15) is 0 Å². The molecule has 0 aliphatic carbocycles. The van der Waals surface area contributed by atoms with Crippen molar-refractivity contribution in [1.29, 1.82) is 0 Å². The molecule has 0 spiro atoms. The maximum absolute atomic E-state index is 5.62. The van der Waals surface area contributed by atoms with Crippen LogP contribution in [-0.4, -0.2) is 21.6 Å². The fourth-order valence-corrected chi connectivity index (χ4v) is 1.64. The summed E-state index contributed by atoms with van der Waals surface area (Å²) in [6.45, 7) is 5.82. The fraction of sp³-hybridized carbons (Fsp3) is 0.429. The van der Waals surface area contributed by atoms with Crippen LogP contribution in [0.2, 0.25) is 0 Å². The lowest BCUT2D eigenvalue weighted by atomic mass is 10.1.